The van der Waals surface area contributed by atoms with Crippen LogP contribution >= 0.6 is 11.6 Å². The first-order chi connectivity index (χ1) is 9.86. The SMILES string of the molecule is Cc1cc(C(=O)Nc2ccc(C(=O)O)cc2C)cc(Cl)n1. The summed E-state index contributed by atoms with van der Waals surface area (Å²) in [5.74, 6) is -1.33. The molecule has 0 bridgehead atoms. The Morgan fingerprint density at radius 3 is 2.43 bits per heavy atom. The zero-order chi connectivity index (χ0) is 15.6. The second-order valence-corrected chi connectivity index (χ2v) is 5.00. The third-order valence-electron chi connectivity index (χ3n) is 2.91. The summed E-state index contributed by atoms with van der Waals surface area (Å²) in [4.78, 5) is 27.0. The number of nitrogens with one attached hydrogen (secondary N) is 1. The van der Waals surface area contributed by atoms with Crippen LogP contribution in [-0.2, 0) is 0 Å². The molecule has 1 heterocycles. The van der Waals surface area contributed by atoms with Gasteiger partial charge in [-0.15, -0.1) is 0 Å². The van der Waals surface area contributed by atoms with E-state index in [9.17, 15) is 9.59 Å². The molecule has 6 heteroatoms. The van der Waals surface area contributed by atoms with Crippen LogP contribution in [0.2, 0.25) is 5.15 Å². The van der Waals surface area contributed by atoms with Gasteiger partial charge in [0, 0.05) is 16.9 Å². The molecular weight excluding hydrogens is 292 g/mol. The number of carbonyl (C=O) groups excluding carboxylic acids is 1. The number of carboxylic acids is 1. The average Bonchev–Trinajstić information content (AvgIpc) is 2.39. The van der Waals surface area contributed by atoms with Crippen LogP contribution in [0.15, 0.2) is 30.3 Å². The van der Waals surface area contributed by atoms with Gasteiger partial charge in [0.1, 0.15) is 5.15 Å². The van der Waals surface area contributed by atoms with Crippen molar-refractivity contribution in [3.05, 3.63) is 57.9 Å². The molecule has 1 aromatic heterocycles. The number of benzene rings is 1. The number of aromatic nitrogens is 1. The van der Waals surface area contributed by atoms with Gasteiger partial charge in [0.2, 0.25) is 0 Å². The van der Waals surface area contributed by atoms with Gasteiger partial charge < -0.3 is 10.4 Å². The molecule has 0 radical (unpaired) electrons. The van der Waals surface area contributed by atoms with E-state index in [1.165, 1.54) is 18.2 Å². The van der Waals surface area contributed by atoms with Crippen molar-refractivity contribution < 1.29 is 14.7 Å². The van der Waals surface area contributed by atoms with Gasteiger partial charge in [0.15, 0.2) is 0 Å². The van der Waals surface area contributed by atoms with Crippen LogP contribution in [0, 0.1) is 13.8 Å². The fraction of sp³-hybridized carbons (Fsp3) is 0.133. The first kappa shape index (κ1) is 15.0. The molecule has 0 aliphatic rings. The average molecular weight is 305 g/mol. The lowest BCUT2D eigenvalue weighted by Crippen LogP contribution is -2.13. The van der Waals surface area contributed by atoms with E-state index in [2.05, 4.69) is 10.3 Å². The van der Waals surface area contributed by atoms with Gasteiger partial charge in [-0.2, -0.15) is 0 Å². The van der Waals surface area contributed by atoms with E-state index in [1.54, 1.807) is 26.0 Å². The summed E-state index contributed by atoms with van der Waals surface area (Å²) < 4.78 is 0. The Morgan fingerprint density at radius 1 is 1.14 bits per heavy atom. The minimum absolute atomic E-state index is 0.174. The summed E-state index contributed by atoms with van der Waals surface area (Å²) >= 11 is 5.83. The molecule has 0 spiro atoms. The Balaban J connectivity index is 2.25. The predicted octanol–water partition coefficient (Wildman–Crippen LogP) is 3.30. The van der Waals surface area contributed by atoms with Gasteiger partial charge in [-0.3, -0.25) is 4.79 Å². The number of pyridine rings is 1. The number of carboxylic acid groups (broad SMARTS) is 1. The van der Waals surface area contributed by atoms with Crippen LogP contribution in [0.5, 0.6) is 0 Å². The van der Waals surface area contributed by atoms with Crippen LogP contribution in [0.25, 0.3) is 0 Å². The molecule has 0 aliphatic heterocycles. The van der Waals surface area contributed by atoms with E-state index >= 15 is 0 Å². The van der Waals surface area contributed by atoms with Crippen molar-refractivity contribution in [1.29, 1.82) is 0 Å². The number of hydrogen-bond donors (Lipinski definition) is 2. The highest BCUT2D eigenvalue weighted by atomic mass is 35.5. The number of amides is 1. The lowest BCUT2D eigenvalue weighted by Gasteiger charge is -2.09. The Hall–Kier alpha value is -2.40. The Labute approximate surface area is 126 Å². The van der Waals surface area contributed by atoms with Crippen molar-refractivity contribution in [1.82, 2.24) is 4.98 Å². The fourth-order valence-electron chi connectivity index (χ4n) is 1.89. The summed E-state index contributed by atoms with van der Waals surface area (Å²) in [6.45, 7) is 3.47. The molecule has 1 amide bonds. The molecule has 0 aliphatic carbocycles. The molecular formula is C15H13ClN2O3. The van der Waals surface area contributed by atoms with E-state index in [0.717, 1.165) is 0 Å². The summed E-state index contributed by atoms with van der Waals surface area (Å²) in [7, 11) is 0. The van der Waals surface area contributed by atoms with Crippen LogP contribution in [0.4, 0.5) is 5.69 Å². The quantitative estimate of drug-likeness (QED) is 0.853. The third kappa shape index (κ3) is 3.58. The minimum atomic E-state index is -1.01. The van der Waals surface area contributed by atoms with Crippen molar-refractivity contribution >= 4 is 29.2 Å². The van der Waals surface area contributed by atoms with Crippen molar-refractivity contribution in [2.24, 2.45) is 0 Å². The zero-order valence-corrected chi connectivity index (χ0v) is 12.2. The van der Waals surface area contributed by atoms with Gasteiger partial charge in [-0.25, -0.2) is 9.78 Å². The summed E-state index contributed by atoms with van der Waals surface area (Å²) in [6.07, 6.45) is 0. The van der Waals surface area contributed by atoms with Gasteiger partial charge in [0.05, 0.1) is 5.56 Å². The maximum atomic E-state index is 12.2. The summed E-state index contributed by atoms with van der Waals surface area (Å²) in [5.41, 5.74) is 2.43. The second-order valence-electron chi connectivity index (χ2n) is 4.61. The van der Waals surface area contributed by atoms with E-state index in [0.29, 0.717) is 22.5 Å². The zero-order valence-electron chi connectivity index (χ0n) is 11.5. The molecule has 2 aromatic rings. The molecule has 5 nitrogen and oxygen atoms in total. The molecule has 21 heavy (non-hydrogen) atoms. The molecule has 0 saturated heterocycles. The van der Waals surface area contributed by atoms with Crippen molar-refractivity contribution in [3.8, 4) is 0 Å². The molecule has 2 rings (SSSR count). The van der Waals surface area contributed by atoms with Crippen LogP contribution in [0.3, 0.4) is 0 Å². The normalized spacial score (nSPS) is 10.2. The summed E-state index contributed by atoms with van der Waals surface area (Å²) in [6, 6.07) is 7.61. The Morgan fingerprint density at radius 2 is 1.86 bits per heavy atom. The smallest absolute Gasteiger partial charge is 0.335 e. The van der Waals surface area contributed by atoms with Gasteiger partial charge in [-0.05, 0) is 49.7 Å². The molecule has 0 atom stereocenters. The predicted molar refractivity (Wildman–Crippen MR) is 80.1 cm³/mol. The van der Waals surface area contributed by atoms with E-state index in [1.807, 2.05) is 0 Å². The highest BCUT2D eigenvalue weighted by Crippen LogP contribution is 2.18. The third-order valence-corrected chi connectivity index (χ3v) is 3.10. The topological polar surface area (TPSA) is 79.3 Å². The fourth-order valence-corrected chi connectivity index (χ4v) is 2.14. The lowest BCUT2D eigenvalue weighted by atomic mass is 10.1. The number of aromatic carboxylic acids is 1. The van der Waals surface area contributed by atoms with Crippen molar-refractivity contribution in [2.45, 2.75) is 13.8 Å². The number of aryl methyl sites for hydroxylation is 2. The number of rotatable bonds is 3. The molecule has 0 saturated carbocycles. The molecule has 0 unspecified atom stereocenters. The lowest BCUT2D eigenvalue weighted by molar-refractivity contribution is 0.0696. The Bertz CT molecular complexity index is 709. The van der Waals surface area contributed by atoms with Crippen LogP contribution < -0.4 is 5.32 Å². The summed E-state index contributed by atoms with van der Waals surface area (Å²) in [5, 5.41) is 11.9. The van der Waals surface area contributed by atoms with Gasteiger partial charge >= 0.3 is 5.97 Å². The number of nitrogens with zero attached hydrogens (tertiary/aromatic N) is 1. The van der Waals surface area contributed by atoms with Crippen molar-refractivity contribution in [2.75, 3.05) is 5.32 Å². The highest BCUT2D eigenvalue weighted by Gasteiger charge is 2.11. The first-order valence-electron chi connectivity index (χ1n) is 6.16. The number of halogens is 1. The highest BCUT2D eigenvalue weighted by molar-refractivity contribution is 6.29. The second kappa shape index (κ2) is 5.93. The van der Waals surface area contributed by atoms with Gasteiger partial charge in [-0.1, -0.05) is 11.6 Å². The number of carbonyl (C=O) groups is 2. The van der Waals surface area contributed by atoms with Crippen molar-refractivity contribution in [3.63, 3.8) is 0 Å². The Kier molecular flexibility index (Phi) is 4.23. The van der Waals surface area contributed by atoms with E-state index < -0.39 is 5.97 Å². The monoisotopic (exact) mass is 304 g/mol. The van der Waals surface area contributed by atoms with E-state index in [4.69, 9.17) is 16.7 Å². The maximum absolute atomic E-state index is 12.2. The molecule has 1 aromatic carbocycles. The molecule has 0 fully saturated rings. The van der Waals surface area contributed by atoms with E-state index in [-0.39, 0.29) is 16.6 Å². The molecule has 2 N–H and O–H groups in total. The van der Waals surface area contributed by atoms with Crippen LogP contribution in [-0.4, -0.2) is 22.0 Å². The van der Waals surface area contributed by atoms with Crippen LogP contribution in [0.1, 0.15) is 32.0 Å². The minimum Gasteiger partial charge on any atom is -0.478 e. The number of hydrogen-bond acceptors (Lipinski definition) is 3. The molecule has 108 valence electrons. The number of anilines is 1. The van der Waals surface area contributed by atoms with Gasteiger partial charge in [0.25, 0.3) is 5.91 Å². The first-order valence-corrected chi connectivity index (χ1v) is 6.54. The standard InChI is InChI=1S/C15H13ClN2O3/c1-8-5-10(15(20)21)3-4-12(8)18-14(19)11-6-9(2)17-13(16)7-11/h3-7H,1-2H3,(H,18,19)(H,20,21). The largest absolute Gasteiger partial charge is 0.478 e. The maximum Gasteiger partial charge on any atom is 0.335 e.